The summed E-state index contributed by atoms with van der Waals surface area (Å²) in [7, 11) is 0. The second-order valence-electron chi connectivity index (χ2n) is 5.82. The highest BCUT2D eigenvalue weighted by Crippen LogP contribution is 2.19. The van der Waals surface area contributed by atoms with Crippen molar-refractivity contribution in [2.45, 2.75) is 18.9 Å². The van der Waals surface area contributed by atoms with Crippen LogP contribution in [0.15, 0.2) is 36.7 Å². The van der Waals surface area contributed by atoms with E-state index < -0.39 is 5.97 Å². The molecule has 0 saturated carbocycles. The van der Waals surface area contributed by atoms with Gasteiger partial charge in [0.1, 0.15) is 6.54 Å². The maximum atomic E-state index is 12.8. The van der Waals surface area contributed by atoms with Crippen LogP contribution < -0.4 is 0 Å². The topological polar surface area (TPSA) is 84.7 Å². The van der Waals surface area contributed by atoms with Crippen LogP contribution in [0.2, 0.25) is 5.02 Å². The molecule has 1 aromatic heterocycles. The fourth-order valence-electron chi connectivity index (χ4n) is 2.84. The Labute approximate surface area is 149 Å². The summed E-state index contributed by atoms with van der Waals surface area (Å²) in [6.45, 7) is 0.714. The van der Waals surface area contributed by atoms with Crippen molar-refractivity contribution in [2.75, 3.05) is 19.8 Å². The van der Waals surface area contributed by atoms with E-state index in [1.165, 1.54) is 11.1 Å². The van der Waals surface area contributed by atoms with Crippen LogP contribution in [0.25, 0.3) is 5.69 Å². The van der Waals surface area contributed by atoms with Crippen LogP contribution in [0.3, 0.4) is 0 Å². The van der Waals surface area contributed by atoms with Crippen LogP contribution in [-0.4, -0.2) is 57.5 Å². The zero-order valence-electron chi connectivity index (χ0n) is 13.5. The highest BCUT2D eigenvalue weighted by atomic mass is 35.5. The molecule has 7 nitrogen and oxygen atoms in total. The van der Waals surface area contributed by atoms with Crippen LogP contribution >= 0.6 is 11.6 Å². The number of ether oxygens (including phenoxy) is 1. The maximum Gasteiger partial charge on any atom is 0.323 e. The second-order valence-corrected chi connectivity index (χ2v) is 6.26. The predicted octanol–water partition coefficient (Wildman–Crippen LogP) is 2.23. The van der Waals surface area contributed by atoms with E-state index in [0.717, 1.165) is 5.69 Å². The van der Waals surface area contributed by atoms with Gasteiger partial charge in [-0.3, -0.25) is 9.59 Å². The van der Waals surface area contributed by atoms with Gasteiger partial charge in [-0.1, -0.05) is 11.6 Å². The van der Waals surface area contributed by atoms with Gasteiger partial charge >= 0.3 is 5.97 Å². The van der Waals surface area contributed by atoms with E-state index in [1.54, 1.807) is 35.1 Å². The number of carbonyl (C=O) groups is 2. The Morgan fingerprint density at radius 1 is 1.28 bits per heavy atom. The molecule has 0 radical (unpaired) electrons. The monoisotopic (exact) mass is 363 g/mol. The first-order valence-electron chi connectivity index (χ1n) is 7.95. The molecular formula is C17H18ClN3O4. The predicted molar refractivity (Wildman–Crippen MR) is 91.1 cm³/mol. The number of amides is 1. The summed E-state index contributed by atoms with van der Waals surface area (Å²) in [5.41, 5.74) is 1.11. The van der Waals surface area contributed by atoms with Gasteiger partial charge in [-0.05, 0) is 37.1 Å². The van der Waals surface area contributed by atoms with Crippen LogP contribution in [-0.2, 0) is 9.53 Å². The van der Waals surface area contributed by atoms with Gasteiger partial charge in [-0.2, -0.15) is 5.10 Å². The summed E-state index contributed by atoms with van der Waals surface area (Å²) >= 11 is 5.87. The Bertz CT molecular complexity index is 754. The third-order valence-electron chi connectivity index (χ3n) is 4.12. The lowest BCUT2D eigenvalue weighted by molar-refractivity contribution is -0.138. The van der Waals surface area contributed by atoms with Crippen molar-refractivity contribution in [1.29, 1.82) is 0 Å². The van der Waals surface area contributed by atoms with Gasteiger partial charge in [-0.15, -0.1) is 0 Å². The number of carboxylic acid groups (broad SMARTS) is 1. The number of rotatable bonds is 5. The first kappa shape index (κ1) is 17.4. The summed E-state index contributed by atoms with van der Waals surface area (Å²) < 4.78 is 6.86. The van der Waals surface area contributed by atoms with Gasteiger partial charge < -0.3 is 14.7 Å². The van der Waals surface area contributed by atoms with Crippen molar-refractivity contribution in [3.63, 3.8) is 0 Å². The third-order valence-corrected chi connectivity index (χ3v) is 4.37. The summed E-state index contributed by atoms with van der Waals surface area (Å²) in [4.78, 5) is 25.4. The molecule has 1 aliphatic rings. The van der Waals surface area contributed by atoms with Gasteiger partial charge in [0.2, 0.25) is 0 Å². The molecule has 1 fully saturated rings. The molecule has 8 heteroatoms. The molecule has 0 aliphatic carbocycles. The SMILES string of the molecule is O=C(O)CN(C(=O)c1cnn(-c2ccc(Cl)cc2)c1)C1CCOCC1. The minimum Gasteiger partial charge on any atom is -0.480 e. The molecule has 3 rings (SSSR count). The van der Waals surface area contributed by atoms with Crippen molar-refractivity contribution in [1.82, 2.24) is 14.7 Å². The summed E-state index contributed by atoms with van der Waals surface area (Å²) in [6.07, 6.45) is 4.31. The minimum absolute atomic E-state index is 0.142. The summed E-state index contributed by atoms with van der Waals surface area (Å²) in [5.74, 6) is -1.38. The average Bonchev–Trinajstić information content (AvgIpc) is 3.10. The zero-order chi connectivity index (χ0) is 17.8. The highest BCUT2D eigenvalue weighted by molar-refractivity contribution is 6.30. The molecule has 1 N–H and O–H groups in total. The zero-order valence-corrected chi connectivity index (χ0v) is 14.2. The average molecular weight is 364 g/mol. The lowest BCUT2D eigenvalue weighted by Gasteiger charge is -2.32. The number of carbonyl (C=O) groups excluding carboxylic acids is 1. The molecule has 2 heterocycles. The first-order chi connectivity index (χ1) is 12.0. The quantitative estimate of drug-likeness (QED) is 0.880. The molecule has 132 valence electrons. The van der Waals surface area contributed by atoms with Crippen molar-refractivity contribution in [3.05, 3.63) is 47.2 Å². The number of benzene rings is 1. The fourth-order valence-corrected chi connectivity index (χ4v) is 2.97. The van der Waals surface area contributed by atoms with Crippen LogP contribution in [0.1, 0.15) is 23.2 Å². The number of aliphatic carboxylic acids is 1. The van der Waals surface area contributed by atoms with Crippen molar-refractivity contribution in [2.24, 2.45) is 0 Å². The molecule has 1 aromatic carbocycles. The van der Waals surface area contributed by atoms with Crippen molar-refractivity contribution < 1.29 is 19.4 Å². The minimum atomic E-state index is -1.04. The van der Waals surface area contributed by atoms with Crippen molar-refractivity contribution >= 4 is 23.5 Å². The highest BCUT2D eigenvalue weighted by Gasteiger charge is 2.29. The standard InChI is InChI=1S/C17H18ClN3O4/c18-13-1-3-15(4-2-13)21-10-12(9-19-21)17(24)20(11-16(22)23)14-5-7-25-8-6-14/h1-4,9-10,14H,5-8,11H2,(H,22,23). The molecular weight excluding hydrogens is 346 g/mol. The van der Waals surface area contributed by atoms with Crippen LogP contribution in [0, 0.1) is 0 Å². The Kier molecular flexibility index (Phi) is 5.35. The lowest BCUT2D eigenvalue weighted by Crippen LogP contribution is -2.46. The number of hydrogen-bond acceptors (Lipinski definition) is 4. The van der Waals surface area contributed by atoms with Crippen LogP contribution in [0.4, 0.5) is 0 Å². The van der Waals surface area contributed by atoms with Gasteiger partial charge in [0.15, 0.2) is 0 Å². The fraction of sp³-hybridized carbons (Fsp3) is 0.353. The van der Waals surface area contributed by atoms with Gasteiger partial charge in [0.25, 0.3) is 5.91 Å². The number of hydrogen-bond donors (Lipinski definition) is 1. The molecule has 0 atom stereocenters. The van der Waals surface area contributed by atoms with E-state index in [0.29, 0.717) is 36.6 Å². The smallest absolute Gasteiger partial charge is 0.323 e. The number of nitrogens with zero attached hydrogens (tertiary/aromatic N) is 3. The number of carboxylic acids is 1. The van der Waals surface area contributed by atoms with Gasteiger partial charge in [0, 0.05) is 30.5 Å². The number of halogens is 1. The Balaban J connectivity index is 1.81. The Morgan fingerprint density at radius 3 is 2.60 bits per heavy atom. The largest absolute Gasteiger partial charge is 0.480 e. The molecule has 2 aromatic rings. The summed E-state index contributed by atoms with van der Waals surface area (Å²) in [6, 6.07) is 6.91. The van der Waals surface area contributed by atoms with E-state index in [9.17, 15) is 9.59 Å². The molecule has 0 bridgehead atoms. The normalized spacial score (nSPS) is 15.1. The van der Waals surface area contributed by atoms with Gasteiger partial charge in [-0.25, -0.2) is 4.68 Å². The lowest BCUT2D eigenvalue weighted by atomic mass is 10.1. The second kappa shape index (κ2) is 7.67. The van der Waals surface area contributed by atoms with E-state index in [1.807, 2.05) is 0 Å². The molecule has 1 aliphatic heterocycles. The van der Waals surface area contributed by atoms with E-state index >= 15 is 0 Å². The van der Waals surface area contributed by atoms with E-state index in [-0.39, 0.29) is 18.5 Å². The third kappa shape index (κ3) is 4.18. The first-order valence-corrected chi connectivity index (χ1v) is 8.33. The van der Waals surface area contributed by atoms with Gasteiger partial charge in [0.05, 0.1) is 17.4 Å². The Hall–Kier alpha value is -2.38. The molecule has 0 spiro atoms. The molecule has 1 amide bonds. The number of aromatic nitrogens is 2. The van der Waals surface area contributed by atoms with E-state index in [2.05, 4.69) is 5.10 Å². The maximum absolute atomic E-state index is 12.8. The van der Waals surface area contributed by atoms with Crippen molar-refractivity contribution in [3.8, 4) is 5.69 Å². The van der Waals surface area contributed by atoms with Crippen LogP contribution in [0.5, 0.6) is 0 Å². The van der Waals surface area contributed by atoms with E-state index in [4.69, 9.17) is 21.4 Å². The molecule has 25 heavy (non-hydrogen) atoms. The Morgan fingerprint density at radius 2 is 1.96 bits per heavy atom. The molecule has 1 saturated heterocycles. The molecule has 0 unspecified atom stereocenters. The summed E-state index contributed by atoms with van der Waals surface area (Å²) in [5, 5.41) is 14.0.